The Morgan fingerprint density at radius 3 is 2.70 bits per heavy atom. The molecule has 1 amide bonds. The highest BCUT2D eigenvalue weighted by atomic mass is 32.2. The van der Waals surface area contributed by atoms with Gasteiger partial charge in [-0.2, -0.15) is 4.68 Å². The third-order valence-electron chi connectivity index (χ3n) is 5.48. The third-order valence-corrected chi connectivity index (χ3v) is 7.38. The van der Waals surface area contributed by atoms with Gasteiger partial charge < -0.3 is 9.80 Å². The standard InChI is InChI=1S/C23H23N7OS2/c31-22(28-12-6-13-29(15-14-28)23-24-11-16-32-23)19-9-4-5-10-20(19)33-17-21-25-26-27-30(21)18-7-2-1-3-8-18/h1-5,7-11,16H,6,12-15,17H2. The van der Waals surface area contributed by atoms with Crippen molar-refractivity contribution in [3.05, 3.63) is 77.6 Å². The molecular formula is C23H23N7OS2. The maximum atomic E-state index is 13.5. The van der Waals surface area contributed by atoms with Crippen molar-refractivity contribution in [1.82, 2.24) is 30.1 Å². The van der Waals surface area contributed by atoms with Gasteiger partial charge in [0, 0.05) is 42.7 Å². The maximum absolute atomic E-state index is 13.5. The molecule has 0 aliphatic carbocycles. The van der Waals surface area contributed by atoms with Gasteiger partial charge in [-0.05, 0) is 41.1 Å². The van der Waals surface area contributed by atoms with Crippen LogP contribution in [0.4, 0.5) is 5.13 Å². The molecule has 3 heterocycles. The van der Waals surface area contributed by atoms with Gasteiger partial charge in [-0.3, -0.25) is 4.79 Å². The van der Waals surface area contributed by atoms with E-state index >= 15 is 0 Å². The van der Waals surface area contributed by atoms with Gasteiger partial charge in [-0.15, -0.1) is 28.2 Å². The molecule has 1 fully saturated rings. The Labute approximate surface area is 200 Å². The molecule has 2 aromatic carbocycles. The summed E-state index contributed by atoms with van der Waals surface area (Å²) in [5, 5.41) is 15.2. The summed E-state index contributed by atoms with van der Waals surface area (Å²) in [7, 11) is 0. The molecule has 0 bridgehead atoms. The zero-order chi connectivity index (χ0) is 22.5. The summed E-state index contributed by atoms with van der Waals surface area (Å²) in [5.41, 5.74) is 1.64. The molecule has 10 heteroatoms. The van der Waals surface area contributed by atoms with Crippen LogP contribution in [0.25, 0.3) is 5.69 Å². The molecule has 0 N–H and O–H groups in total. The molecule has 1 saturated heterocycles. The molecule has 0 atom stereocenters. The van der Waals surface area contributed by atoms with Gasteiger partial charge in [0.15, 0.2) is 11.0 Å². The van der Waals surface area contributed by atoms with E-state index in [9.17, 15) is 4.79 Å². The molecule has 2 aromatic heterocycles. The van der Waals surface area contributed by atoms with Crippen molar-refractivity contribution in [2.45, 2.75) is 17.1 Å². The summed E-state index contributed by atoms with van der Waals surface area (Å²) >= 11 is 3.22. The number of nitrogens with zero attached hydrogens (tertiary/aromatic N) is 7. The Kier molecular flexibility index (Phi) is 6.63. The molecule has 5 rings (SSSR count). The number of para-hydroxylation sites is 1. The number of carbonyl (C=O) groups excluding carboxylic acids is 1. The van der Waals surface area contributed by atoms with Gasteiger partial charge in [0.2, 0.25) is 0 Å². The average molecular weight is 478 g/mol. The van der Waals surface area contributed by atoms with Gasteiger partial charge in [0.25, 0.3) is 5.91 Å². The van der Waals surface area contributed by atoms with Crippen LogP contribution in [0.1, 0.15) is 22.6 Å². The van der Waals surface area contributed by atoms with Gasteiger partial charge in [-0.1, -0.05) is 30.3 Å². The van der Waals surface area contributed by atoms with Crippen molar-refractivity contribution in [2.75, 3.05) is 31.1 Å². The Bertz CT molecular complexity index is 1200. The topological polar surface area (TPSA) is 80.0 Å². The van der Waals surface area contributed by atoms with E-state index in [1.807, 2.05) is 71.1 Å². The Morgan fingerprint density at radius 2 is 1.85 bits per heavy atom. The number of anilines is 1. The monoisotopic (exact) mass is 477 g/mol. The second-order valence-corrected chi connectivity index (χ2v) is 9.46. The van der Waals surface area contributed by atoms with Crippen LogP contribution in [0.5, 0.6) is 0 Å². The van der Waals surface area contributed by atoms with Crippen molar-refractivity contribution < 1.29 is 4.79 Å². The predicted octanol–water partition coefficient (Wildman–Crippen LogP) is 3.76. The summed E-state index contributed by atoms with van der Waals surface area (Å²) in [6, 6.07) is 17.6. The van der Waals surface area contributed by atoms with E-state index in [-0.39, 0.29) is 5.91 Å². The van der Waals surface area contributed by atoms with Gasteiger partial charge in [-0.25, -0.2) is 4.98 Å². The number of rotatable bonds is 6. The second kappa shape index (κ2) is 10.1. The van der Waals surface area contributed by atoms with Crippen molar-refractivity contribution in [3.8, 4) is 5.69 Å². The third kappa shape index (κ3) is 4.91. The van der Waals surface area contributed by atoms with E-state index in [2.05, 4.69) is 25.4 Å². The molecule has 33 heavy (non-hydrogen) atoms. The average Bonchev–Trinajstić information content (AvgIpc) is 3.51. The molecule has 0 saturated carbocycles. The SMILES string of the molecule is O=C(c1ccccc1SCc1nnnn1-c1ccccc1)N1CCCN(c2nccs2)CC1. The number of amides is 1. The van der Waals surface area contributed by atoms with Gasteiger partial charge in [0.05, 0.1) is 17.0 Å². The lowest BCUT2D eigenvalue weighted by molar-refractivity contribution is 0.0763. The number of tetrazole rings is 1. The quantitative estimate of drug-likeness (QED) is 0.391. The minimum absolute atomic E-state index is 0.0711. The maximum Gasteiger partial charge on any atom is 0.255 e. The van der Waals surface area contributed by atoms with Crippen LogP contribution in [0.3, 0.4) is 0 Å². The van der Waals surface area contributed by atoms with Crippen LogP contribution in [-0.4, -0.2) is 62.2 Å². The highest BCUT2D eigenvalue weighted by Crippen LogP contribution is 2.28. The van der Waals surface area contributed by atoms with E-state index in [1.54, 1.807) is 27.8 Å². The van der Waals surface area contributed by atoms with E-state index in [1.165, 1.54) is 0 Å². The first-order valence-corrected chi connectivity index (χ1v) is 12.6. The summed E-state index contributed by atoms with van der Waals surface area (Å²) in [4.78, 5) is 23.0. The molecule has 0 unspecified atom stereocenters. The largest absolute Gasteiger partial charge is 0.346 e. The normalized spacial score (nSPS) is 14.3. The second-order valence-electron chi connectivity index (χ2n) is 7.57. The van der Waals surface area contributed by atoms with Crippen LogP contribution in [0, 0.1) is 0 Å². The number of thioether (sulfide) groups is 1. The zero-order valence-electron chi connectivity index (χ0n) is 17.9. The first-order valence-electron chi connectivity index (χ1n) is 10.8. The lowest BCUT2D eigenvalue weighted by Crippen LogP contribution is -2.35. The van der Waals surface area contributed by atoms with Crippen molar-refractivity contribution in [3.63, 3.8) is 0 Å². The Morgan fingerprint density at radius 1 is 1.00 bits per heavy atom. The van der Waals surface area contributed by atoms with Crippen molar-refractivity contribution >= 4 is 34.1 Å². The first-order chi connectivity index (χ1) is 16.3. The number of hydrogen-bond acceptors (Lipinski definition) is 8. The fourth-order valence-electron chi connectivity index (χ4n) is 3.83. The summed E-state index contributed by atoms with van der Waals surface area (Å²) in [6.07, 6.45) is 2.75. The number of hydrogen-bond donors (Lipinski definition) is 0. The molecule has 0 spiro atoms. The Hall–Kier alpha value is -3.24. The number of thiazole rings is 1. The van der Waals surface area contributed by atoms with Crippen LogP contribution < -0.4 is 4.90 Å². The summed E-state index contributed by atoms with van der Waals surface area (Å²) < 4.78 is 1.74. The smallest absolute Gasteiger partial charge is 0.255 e. The van der Waals surface area contributed by atoms with Crippen molar-refractivity contribution in [2.24, 2.45) is 0 Å². The van der Waals surface area contributed by atoms with Crippen LogP contribution in [-0.2, 0) is 5.75 Å². The molecule has 8 nitrogen and oxygen atoms in total. The van der Waals surface area contributed by atoms with E-state index < -0.39 is 0 Å². The van der Waals surface area contributed by atoms with Gasteiger partial charge in [0.1, 0.15) is 0 Å². The van der Waals surface area contributed by atoms with Crippen LogP contribution >= 0.6 is 23.1 Å². The Balaban J connectivity index is 1.29. The fourth-order valence-corrected chi connectivity index (χ4v) is 5.48. The molecule has 168 valence electrons. The number of carbonyl (C=O) groups is 1. The minimum atomic E-state index is 0.0711. The molecule has 0 radical (unpaired) electrons. The fraction of sp³-hybridized carbons (Fsp3) is 0.261. The molecular weight excluding hydrogens is 454 g/mol. The summed E-state index contributed by atoms with van der Waals surface area (Å²) in [5.74, 6) is 1.37. The molecule has 4 aromatic rings. The van der Waals surface area contributed by atoms with Crippen molar-refractivity contribution in [1.29, 1.82) is 0 Å². The molecule has 1 aliphatic rings. The highest BCUT2D eigenvalue weighted by Gasteiger charge is 2.23. The highest BCUT2D eigenvalue weighted by molar-refractivity contribution is 7.98. The minimum Gasteiger partial charge on any atom is -0.346 e. The lowest BCUT2D eigenvalue weighted by Gasteiger charge is -2.22. The number of benzene rings is 2. The van der Waals surface area contributed by atoms with Crippen LogP contribution in [0.15, 0.2) is 71.1 Å². The predicted molar refractivity (Wildman–Crippen MR) is 130 cm³/mol. The zero-order valence-corrected chi connectivity index (χ0v) is 19.6. The van der Waals surface area contributed by atoms with Crippen LogP contribution in [0.2, 0.25) is 0 Å². The van der Waals surface area contributed by atoms with E-state index in [0.717, 1.165) is 53.2 Å². The first kappa shape index (κ1) is 21.6. The summed E-state index contributed by atoms with van der Waals surface area (Å²) in [6.45, 7) is 3.13. The molecule has 1 aliphatic heterocycles. The van der Waals surface area contributed by atoms with E-state index in [4.69, 9.17) is 0 Å². The lowest BCUT2D eigenvalue weighted by atomic mass is 10.2. The van der Waals surface area contributed by atoms with Gasteiger partial charge >= 0.3 is 0 Å². The number of aromatic nitrogens is 5. The van der Waals surface area contributed by atoms with E-state index in [0.29, 0.717) is 12.3 Å².